The first-order valence-electron chi connectivity index (χ1n) is 13.5. The largest absolute Gasteiger partial charge is 0.292 e. The van der Waals surface area contributed by atoms with Crippen molar-refractivity contribution in [3.05, 3.63) is 161 Å². The zero-order chi connectivity index (χ0) is 32.1. The Bertz CT molecular complexity index is 1520. The Morgan fingerprint density at radius 1 is 0.578 bits per heavy atom. The average molecular weight is 680 g/mol. The number of rotatable bonds is 10. The molecule has 1 N–H and O–H groups in total. The number of carbonyl (C=O) groups excluding carboxylic acids is 1. The minimum Gasteiger partial charge on any atom is -0.292 e. The first-order chi connectivity index (χ1) is 21.7. The van der Waals surface area contributed by atoms with E-state index in [4.69, 9.17) is 18.6 Å². The molecule has 230 valence electrons. The van der Waals surface area contributed by atoms with Gasteiger partial charge in [-0.15, -0.1) is 10.2 Å². The highest BCUT2D eigenvalue weighted by atomic mass is 35.7. The number of amides is 1. The van der Waals surface area contributed by atoms with Crippen molar-refractivity contribution in [3.63, 3.8) is 0 Å². The Labute approximate surface area is 272 Å². The van der Waals surface area contributed by atoms with E-state index in [2.05, 4.69) is 66.0 Å². The summed E-state index contributed by atoms with van der Waals surface area (Å²) in [5, 5.41) is 6.33. The molecular weight excluding hydrogens is 652 g/mol. The van der Waals surface area contributed by atoms with Crippen molar-refractivity contribution in [2.24, 2.45) is 0 Å². The third-order valence-electron chi connectivity index (χ3n) is 6.25. The summed E-state index contributed by atoms with van der Waals surface area (Å²) in [5.41, 5.74) is 0.724. The second kappa shape index (κ2) is 16.7. The lowest BCUT2D eigenvalue weighted by Gasteiger charge is -2.31. The normalized spacial score (nSPS) is 11.1. The van der Waals surface area contributed by atoms with Crippen molar-refractivity contribution in [1.82, 2.24) is 5.32 Å². The number of alkyl halides is 1. The number of nitrogens with one attached hydrogen (secondary N) is 1. The van der Waals surface area contributed by atoms with E-state index in [1.807, 2.05) is 91.0 Å². The summed E-state index contributed by atoms with van der Waals surface area (Å²) in [4.78, 5) is 15.1. The van der Waals surface area contributed by atoms with Crippen molar-refractivity contribution in [2.75, 3.05) is 6.67 Å². The molecular formula is C34H28ClFNO5PS2. The number of halogens is 2. The Kier molecular flexibility index (Phi) is 12.8. The number of carbonyl (C=O) groups is 1. The molecule has 0 bridgehead atoms. The third-order valence-corrected chi connectivity index (χ3v) is 13.1. The van der Waals surface area contributed by atoms with Crippen LogP contribution in [0.25, 0.3) is 0 Å². The predicted molar refractivity (Wildman–Crippen MR) is 171 cm³/mol. The molecule has 0 saturated heterocycles. The summed E-state index contributed by atoms with van der Waals surface area (Å²) >= 11 is 3.18. The summed E-state index contributed by atoms with van der Waals surface area (Å²) in [7, 11) is -7.67. The van der Waals surface area contributed by atoms with Gasteiger partial charge < -0.3 is 0 Å². The molecule has 0 unspecified atom stereocenters. The van der Waals surface area contributed by atoms with Gasteiger partial charge in [-0.3, -0.25) is 10.1 Å². The SMILES string of the molecule is O=C(CF)NC(=C(Sc1ccccc1)Sc1ccccc1)[P+](c1ccccc1)(c1ccccc1)c1ccccc1.[O-][Cl+3]([O-])([O-])[O-]. The maximum Gasteiger partial charge on any atom is 0.258 e. The molecule has 0 aliphatic rings. The molecule has 1 amide bonds. The minimum absolute atomic E-state index is 0.665. The van der Waals surface area contributed by atoms with Crippen LogP contribution < -0.4 is 39.9 Å². The molecule has 0 saturated carbocycles. The van der Waals surface area contributed by atoms with Crippen LogP contribution in [0.1, 0.15) is 0 Å². The first kappa shape index (κ1) is 34.4. The van der Waals surface area contributed by atoms with Gasteiger partial charge in [-0.25, -0.2) is 23.0 Å². The number of benzene rings is 5. The summed E-state index contributed by atoms with van der Waals surface area (Å²) in [6.07, 6.45) is 0. The lowest BCUT2D eigenvalue weighted by molar-refractivity contribution is -2.00. The van der Waals surface area contributed by atoms with E-state index in [0.29, 0.717) is 0 Å². The highest BCUT2D eigenvalue weighted by Crippen LogP contribution is 2.65. The Morgan fingerprint density at radius 3 is 1.16 bits per heavy atom. The summed E-state index contributed by atoms with van der Waals surface area (Å²) in [5.74, 6) is -0.665. The highest BCUT2D eigenvalue weighted by molar-refractivity contribution is 8.23. The van der Waals surface area contributed by atoms with E-state index < -0.39 is 30.1 Å². The highest BCUT2D eigenvalue weighted by Gasteiger charge is 2.52. The fourth-order valence-corrected chi connectivity index (χ4v) is 11.8. The zero-order valence-electron chi connectivity index (χ0n) is 23.7. The molecule has 5 rings (SSSR count). The minimum atomic E-state index is -4.94. The molecule has 0 heterocycles. The van der Waals surface area contributed by atoms with Crippen molar-refractivity contribution in [1.29, 1.82) is 0 Å². The second-order valence-electron chi connectivity index (χ2n) is 9.20. The van der Waals surface area contributed by atoms with Crippen LogP contribution in [-0.2, 0) is 4.79 Å². The van der Waals surface area contributed by atoms with E-state index in [1.54, 1.807) is 23.5 Å². The molecule has 0 radical (unpaired) electrons. The van der Waals surface area contributed by atoms with Gasteiger partial charge in [0.1, 0.15) is 20.2 Å². The molecule has 6 nitrogen and oxygen atoms in total. The predicted octanol–water partition coefficient (Wildman–Crippen LogP) is 3.02. The second-order valence-corrected chi connectivity index (χ2v) is 15.7. The smallest absolute Gasteiger partial charge is 0.258 e. The van der Waals surface area contributed by atoms with Crippen LogP contribution in [0.15, 0.2) is 171 Å². The van der Waals surface area contributed by atoms with Gasteiger partial charge in [0.15, 0.2) is 19.4 Å². The van der Waals surface area contributed by atoms with Gasteiger partial charge in [0.2, 0.25) is 0 Å². The summed E-state index contributed by atoms with van der Waals surface area (Å²) < 4.78 is 48.9. The average Bonchev–Trinajstić information content (AvgIpc) is 3.06. The van der Waals surface area contributed by atoms with Crippen molar-refractivity contribution >= 4 is 52.6 Å². The lowest BCUT2D eigenvalue weighted by atomic mass is 10.4. The first-order valence-corrected chi connectivity index (χ1v) is 18.1. The van der Waals surface area contributed by atoms with Crippen LogP contribution in [0, 0.1) is 10.2 Å². The fraction of sp³-hybridized carbons (Fsp3) is 0.0294. The molecule has 0 aliphatic carbocycles. The van der Waals surface area contributed by atoms with Gasteiger partial charge in [-0.2, -0.15) is 0 Å². The van der Waals surface area contributed by atoms with E-state index in [1.165, 1.54) is 0 Å². The van der Waals surface area contributed by atoms with Crippen LogP contribution in [0.4, 0.5) is 4.39 Å². The number of hydrogen-bond acceptors (Lipinski definition) is 7. The van der Waals surface area contributed by atoms with Crippen molar-refractivity contribution in [3.8, 4) is 0 Å². The molecule has 0 spiro atoms. The zero-order valence-corrected chi connectivity index (χ0v) is 27.0. The summed E-state index contributed by atoms with van der Waals surface area (Å²) in [6.45, 7) is -1.11. The molecule has 45 heavy (non-hydrogen) atoms. The third kappa shape index (κ3) is 9.74. The number of thioether (sulfide) groups is 2. The van der Waals surface area contributed by atoms with Crippen LogP contribution in [0.3, 0.4) is 0 Å². The molecule has 0 fully saturated rings. The lowest BCUT2D eigenvalue weighted by Crippen LogP contribution is -2.68. The summed E-state index contributed by atoms with van der Waals surface area (Å²) in [6, 6.07) is 51.0. The van der Waals surface area contributed by atoms with Crippen LogP contribution in [0.2, 0.25) is 0 Å². The molecule has 0 atom stereocenters. The quantitative estimate of drug-likeness (QED) is 0.178. The van der Waals surface area contributed by atoms with Crippen LogP contribution in [0.5, 0.6) is 0 Å². The fourth-order valence-electron chi connectivity index (χ4n) is 4.54. The monoisotopic (exact) mass is 679 g/mol. The number of hydrogen-bond donors (Lipinski definition) is 1. The Morgan fingerprint density at radius 2 is 0.867 bits per heavy atom. The van der Waals surface area contributed by atoms with Crippen molar-refractivity contribution in [2.45, 2.75) is 9.79 Å². The van der Waals surface area contributed by atoms with Gasteiger partial charge >= 0.3 is 0 Å². The maximum absolute atomic E-state index is 14.0. The van der Waals surface area contributed by atoms with E-state index >= 15 is 0 Å². The van der Waals surface area contributed by atoms with Crippen molar-refractivity contribution < 1.29 is 38.1 Å². The molecule has 5 aromatic carbocycles. The van der Waals surface area contributed by atoms with Crippen LogP contribution in [-0.4, -0.2) is 12.6 Å². The van der Waals surface area contributed by atoms with Gasteiger partial charge in [-0.1, -0.05) is 115 Å². The molecule has 11 heteroatoms. The van der Waals surface area contributed by atoms with E-state index in [9.17, 15) is 9.18 Å². The van der Waals surface area contributed by atoms with Gasteiger partial charge in [0, 0.05) is 9.79 Å². The standard InChI is InChI=1S/C34H27FNOPS2.ClHO4/c35-26-32(37)36-33(34(39-30-22-12-4-13-23-30)40-31-24-14-5-15-25-31)38(27-16-6-1-7-17-27,28-18-8-2-9-19-28)29-20-10-3-11-21-29;2-1(3,4)5/h1-25H,26H2;(H,2,3,4,5). The van der Waals surface area contributed by atoms with E-state index in [0.717, 1.165) is 35.4 Å². The Hall–Kier alpha value is -3.50. The van der Waals surface area contributed by atoms with Gasteiger partial charge in [0.05, 0.1) is 0 Å². The van der Waals surface area contributed by atoms with Gasteiger partial charge in [-0.05, 0) is 60.7 Å². The van der Waals surface area contributed by atoms with E-state index in [-0.39, 0.29) is 0 Å². The van der Waals surface area contributed by atoms with Crippen LogP contribution >= 0.6 is 30.8 Å². The molecule has 0 aromatic heterocycles. The topological polar surface area (TPSA) is 121 Å². The van der Waals surface area contributed by atoms with Gasteiger partial charge in [0.25, 0.3) is 5.91 Å². The molecule has 0 aliphatic heterocycles. The maximum atomic E-state index is 14.0. The molecule has 5 aromatic rings. The Balaban J connectivity index is 0.000000854.